The predicted molar refractivity (Wildman–Crippen MR) is 90.6 cm³/mol. The Morgan fingerprint density at radius 2 is 1.88 bits per heavy atom. The maximum absolute atomic E-state index is 12.6. The van der Waals surface area contributed by atoms with Crippen LogP contribution in [0.4, 0.5) is 0 Å². The topological polar surface area (TPSA) is 68.4 Å². The second kappa shape index (κ2) is 6.58. The molecule has 0 aliphatic heterocycles. The number of benzene rings is 2. The van der Waals surface area contributed by atoms with E-state index in [1.807, 2.05) is 31.2 Å². The average Bonchev–Trinajstić information content (AvgIpc) is 2.95. The lowest BCUT2D eigenvalue weighted by Gasteiger charge is -2.07. The molecule has 0 saturated heterocycles. The number of hydrogen-bond donors (Lipinski definition) is 1. The van der Waals surface area contributed by atoms with Crippen molar-refractivity contribution in [2.75, 3.05) is 13.7 Å². The Balaban J connectivity index is 1.78. The summed E-state index contributed by atoms with van der Waals surface area (Å²) in [6.07, 6.45) is 0. The van der Waals surface area contributed by atoms with Crippen LogP contribution >= 0.6 is 0 Å². The lowest BCUT2D eigenvalue weighted by atomic mass is 10.1. The number of nitrogens with one attached hydrogen (secondary N) is 1. The number of fused-ring (bicyclic) bond motifs is 1. The van der Waals surface area contributed by atoms with Crippen LogP contribution < -0.4 is 4.74 Å². The molecule has 0 amide bonds. The van der Waals surface area contributed by atoms with E-state index in [9.17, 15) is 9.59 Å². The first-order chi connectivity index (χ1) is 11.6. The average molecular weight is 323 g/mol. The molecule has 0 bridgehead atoms. The van der Waals surface area contributed by atoms with Gasteiger partial charge >= 0.3 is 5.97 Å². The molecule has 2 aromatic carbocycles. The highest BCUT2D eigenvalue weighted by Gasteiger charge is 2.16. The van der Waals surface area contributed by atoms with E-state index in [4.69, 9.17) is 4.74 Å². The van der Waals surface area contributed by atoms with Crippen LogP contribution in [0.25, 0.3) is 10.9 Å². The number of ketones is 1. The van der Waals surface area contributed by atoms with Gasteiger partial charge in [-0.3, -0.25) is 4.79 Å². The van der Waals surface area contributed by atoms with Crippen molar-refractivity contribution >= 4 is 22.7 Å². The molecule has 5 heteroatoms. The van der Waals surface area contributed by atoms with Crippen LogP contribution in [0.15, 0.2) is 48.5 Å². The molecule has 5 nitrogen and oxygen atoms in total. The number of hydrogen-bond acceptors (Lipinski definition) is 4. The molecule has 0 unspecified atom stereocenters. The summed E-state index contributed by atoms with van der Waals surface area (Å²) < 4.78 is 10.2. The monoisotopic (exact) mass is 323 g/mol. The summed E-state index contributed by atoms with van der Waals surface area (Å²) in [6.45, 7) is 1.76. The molecule has 3 aromatic rings. The van der Waals surface area contributed by atoms with Crippen molar-refractivity contribution in [2.24, 2.45) is 0 Å². The molecule has 0 atom stereocenters. The van der Waals surface area contributed by atoms with Gasteiger partial charge in [-0.2, -0.15) is 0 Å². The van der Waals surface area contributed by atoms with E-state index in [1.165, 1.54) is 7.11 Å². The van der Waals surface area contributed by atoms with Crippen molar-refractivity contribution < 1.29 is 19.1 Å². The van der Waals surface area contributed by atoms with Crippen LogP contribution in [-0.2, 0) is 4.74 Å². The number of methoxy groups -OCH3 is 1. The van der Waals surface area contributed by atoms with Gasteiger partial charge in [0.2, 0.25) is 5.78 Å². The molecule has 24 heavy (non-hydrogen) atoms. The molecule has 3 rings (SSSR count). The fraction of sp³-hybridized carbons (Fsp3) is 0.158. The van der Waals surface area contributed by atoms with E-state index < -0.39 is 5.97 Å². The van der Waals surface area contributed by atoms with Crippen LogP contribution in [0, 0.1) is 6.92 Å². The van der Waals surface area contributed by atoms with Crippen molar-refractivity contribution in [1.82, 2.24) is 4.98 Å². The van der Waals surface area contributed by atoms with Crippen molar-refractivity contribution in [2.45, 2.75) is 6.92 Å². The van der Waals surface area contributed by atoms with Gasteiger partial charge in [0.05, 0.1) is 12.7 Å². The van der Waals surface area contributed by atoms with Crippen molar-refractivity contribution in [3.05, 3.63) is 65.4 Å². The van der Waals surface area contributed by atoms with Crippen molar-refractivity contribution in [3.8, 4) is 5.75 Å². The minimum Gasteiger partial charge on any atom is -0.485 e. The molecule has 1 aromatic heterocycles. The van der Waals surface area contributed by atoms with Gasteiger partial charge in [0.1, 0.15) is 5.75 Å². The van der Waals surface area contributed by atoms with E-state index in [0.717, 1.165) is 16.6 Å². The third kappa shape index (κ3) is 3.01. The molecule has 0 aliphatic carbocycles. The molecule has 1 N–H and O–H groups in total. The van der Waals surface area contributed by atoms with Gasteiger partial charge < -0.3 is 14.5 Å². The van der Waals surface area contributed by atoms with Crippen molar-refractivity contribution in [3.63, 3.8) is 0 Å². The summed E-state index contributed by atoms with van der Waals surface area (Å²) in [5, 5.41) is 0.881. The number of aryl methyl sites for hydroxylation is 1. The zero-order chi connectivity index (χ0) is 17.1. The zero-order valence-electron chi connectivity index (χ0n) is 13.5. The fourth-order valence-electron chi connectivity index (χ4n) is 2.69. The number of aromatic nitrogens is 1. The van der Waals surface area contributed by atoms with Gasteiger partial charge in [-0.1, -0.05) is 24.3 Å². The highest BCUT2D eigenvalue weighted by Crippen LogP contribution is 2.23. The number of ether oxygens (including phenoxy) is 2. The third-order valence-electron chi connectivity index (χ3n) is 3.80. The van der Waals surface area contributed by atoms with Gasteiger partial charge in [0.25, 0.3) is 0 Å². The Hall–Kier alpha value is -3.08. The molecule has 0 fully saturated rings. The zero-order valence-corrected chi connectivity index (χ0v) is 13.5. The second-order valence-corrected chi connectivity index (χ2v) is 5.40. The first-order valence-corrected chi connectivity index (χ1v) is 7.52. The second-order valence-electron chi connectivity index (χ2n) is 5.40. The summed E-state index contributed by atoms with van der Waals surface area (Å²) in [4.78, 5) is 27.3. The van der Waals surface area contributed by atoms with E-state index in [-0.39, 0.29) is 12.4 Å². The Morgan fingerprint density at radius 3 is 2.67 bits per heavy atom. The highest BCUT2D eigenvalue weighted by atomic mass is 16.5. The first-order valence-electron chi connectivity index (χ1n) is 7.52. The third-order valence-corrected chi connectivity index (χ3v) is 3.80. The van der Waals surface area contributed by atoms with E-state index in [2.05, 4.69) is 9.72 Å². The van der Waals surface area contributed by atoms with Gasteiger partial charge in [0, 0.05) is 22.2 Å². The SMILES string of the molecule is COC(=O)c1cccc(OCC(=O)c2c(C)[nH]c3ccccc23)c1. The van der Waals surface area contributed by atoms with Gasteiger partial charge in [-0.15, -0.1) is 0 Å². The van der Waals surface area contributed by atoms with E-state index in [0.29, 0.717) is 16.9 Å². The summed E-state index contributed by atoms with van der Waals surface area (Å²) in [5.41, 5.74) is 2.75. The largest absolute Gasteiger partial charge is 0.485 e. The van der Waals surface area contributed by atoms with Gasteiger partial charge in [0.15, 0.2) is 6.61 Å². The van der Waals surface area contributed by atoms with Crippen LogP contribution in [0.3, 0.4) is 0 Å². The van der Waals surface area contributed by atoms with Gasteiger partial charge in [-0.05, 0) is 31.2 Å². The number of rotatable bonds is 5. The summed E-state index contributed by atoms with van der Waals surface area (Å²) in [5.74, 6) is -0.114. The molecule has 122 valence electrons. The standard InChI is InChI=1S/C19H17NO4/c1-12-18(15-8-3-4-9-16(15)20-12)17(21)11-24-14-7-5-6-13(10-14)19(22)23-2/h3-10,20H,11H2,1-2H3. The molecule has 0 aliphatic rings. The predicted octanol–water partition coefficient (Wildman–Crippen LogP) is 3.52. The molecule has 0 radical (unpaired) electrons. The molecular weight excluding hydrogens is 306 g/mol. The van der Waals surface area contributed by atoms with Gasteiger partial charge in [-0.25, -0.2) is 4.79 Å². The summed E-state index contributed by atoms with van der Waals surface area (Å²) >= 11 is 0. The first kappa shape index (κ1) is 15.8. The van der Waals surface area contributed by atoms with Crippen LogP contribution in [0.5, 0.6) is 5.75 Å². The van der Waals surface area contributed by atoms with Crippen LogP contribution in [-0.4, -0.2) is 30.5 Å². The van der Waals surface area contributed by atoms with Crippen LogP contribution in [0.1, 0.15) is 26.4 Å². The Morgan fingerprint density at radius 1 is 1.08 bits per heavy atom. The molecular formula is C19H17NO4. The van der Waals surface area contributed by atoms with E-state index >= 15 is 0 Å². The molecule has 0 spiro atoms. The summed E-state index contributed by atoms with van der Waals surface area (Å²) in [7, 11) is 1.32. The Kier molecular flexibility index (Phi) is 4.33. The lowest BCUT2D eigenvalue weighted by Crippen LogP contribution is -2.12. The lowest BCUT2D eigenvalue weighted by molar-refractivity contribution is 0.0600. The number of carbonyl (C=O) groups is 2. The molecule has 0 saturated carbocycles. The number of H-pyrrole nitrogens is 1. The Bertz CT molecular complexity index is 911. The Labute approximate surface area is 139 Å². The maximum Gasteiger partial charge on any atom is 0.337 e. The minimum atomic E-state index is -0.445. The maximum atomic E-state index is 12.6. The number of Topliss-reactive ketones (excluding diaryl/α,β-unsaturated/α-hetero) is 1. The quantitative estimate of drug-likeness (QED) is 0.576. The fourth-order valence-corrected chi connectivity index (χ4v) is 2.69. The van der Waals surface area contributed by atoms with Crippen molar-refractivity contribution in [1.29, 1.82) is 0 Å². The van der Waals surface area contributed by atoms with Crippen LogP contribution in [0.2, 0.25) is 0 Å². The normalized spacial score (nSPS) is 10.6. The number of esters is 1. The van der Waals surface area contributed by atoms with E-state index in [1.54, 1.807) is 24.3 Å². The minimum absolute atomic E-state index is 0.104. The smallest absolute Gasteiger partial charge is 0.337 e. The number of carbonyl (C=O) groups excluding carboxylic acids is 2. The summed E-state index contributed by atoms with van der Waals surface area (Å²) in [6, 6.07) is 14.2. The number of aromatic amines is 1. The highest BCUT2D eigenvalue weighted by molar-refractivity contribution is 6.09. The number of para-hydroxylation sites is 1. The molecule has 1 heterocycles.